The zero-order valence-corrected chi connectivity index (χ0v) is 18.0. The van der Waals surface area contributed by atoms with Gasteiger partial charge in [-0.2, -0.15) is 0 Å². The highest BCUT2D eigenvalue weighted by Crippen LogP contribution is 2.34. The third kappa shape index (κ3) is 4.84. The van der Waals surface area contributed by atoms with Gasteiger partial charge in [0.15, 0.2) is 6.10 Å². The fraction of sp³-hybridized carbons (Fsp3) is 0.348. The quantitative estimate of drug-likeness (QED) is 0.795. The highest BCUT2D eigenvalue weighted by Gasteiger charge is 2.38. The molecule has 0 aromatic heterocycles. The van der Waals surface area contributed by atoms with E-state index in [1.165, 1.54) is 34.1 Å². The molecule has 0 unspecified atom stereocenters. The van der Waals surface area contributed by atoms with Crippen molar-refractivity contribution in [3.63, 3.8) is 0 Å². The molecule has 164 valence electrons. The van der Waals surface area contributed by atoms with Crippen molar-refractivity contribution < 1.29 is 23.5 Å². The van der Waals surface area contributed by atoms with Crippen molar-refractivity contribution >= 4 is 23.4 Å². The van der Waals surface area contributed by atoms with Gasteiger partial charge in [0.05, 0.1) is 12.2 Å². The van der Waals surface area contributed by atoms with E-state index in [1.54, 1.807) is 38.4 Å². The Morgan fingerprint density at radius 3 is 2.35 bits per heavy atom. The zero-order valence-electron chi connectivity index (χ0n) is 18.0. The monoisotopic (exact) mass is 427 g/mol. The molecule has 3 rings (SSSR count). The maximum Gasteiger partial charge on any atom is 0.265 e. The van der Waals surface area contributed by atoms with E-state index in [2.05, 4.69) is 5.32 Å². The van der Waals surface area contributed by atoms with E-state index in [0.29, 0.717) is 11.4 Å². The van der Waals surface area contributed by atoms with Gasteiger partial charge in [0.2, 0.25) is 5.91 Å². The van der Waals surface area contributed by atoms with Crippen LogP contribution < -0.4 is 15.0 Å². The summed E-state index contributed by atoms with van der Waals surface area (Å²) in [6.45, 7) is 3.67. The standard InChI is InChI=1S/C23H26FN3O4/c1-14(2)20(25-21(28)15-9-11-16(24)12-10-15)23(30)27-13-19(22(29)26(3)4)31-18-8-6-5-7-17(18)27/h5-12,14,19-20H,13H2,1-4H3,(H,25,28)/t19-,20-/m1/s1. The van der Waals surface area contributed by atoms with Crippen molar-refractivity contribution in [3.8, 4) is 5.75 Å². The minimum absolute atomic E-state index is 0.0303. The van der Waals surface area contributed by atoms with E-state index in [-0.39, 0.29) is 29.8 Å². The van der Waals surface area contributed by atoms with Crippen LogP contribution in [0, 0.1) is 11.7 Å². The van der Waals surface area contributed by atoms with E-state index < -0.39 is 23.9 Å². The number of fused-ring (bicyclic) bond motifs is 1. The number of para-hydroxylation sites is 2. The van der Waals surface area contributed by atoms with Gasteiger partial charge in [0.25, 0.3) is 11.8 Å². The molecule has 31 heavy (non-hydrogen) atoms. The summed E-state index contributed by atoms with van der Waals surface area (Å²) < 4.78 is 19.0. The van der Waals surface area contributed by atoms with Crippen molar-refractivity contribution in [2.45, 2.75) is 26.0 Å². The second-order valence-corrected chi connectivity index (χ2v) is 7.96. The number of carbonyl (C=O) groups excluding carboxylic acids is 3. The largest absolute Gasteiger partial charge is 0.476 e. The first-order chi connectivity index (χ1) is 14.7. The zero-order chi connectivity index (χ0) is 22.7. The average molecular weight is 427 g/mol. The van der Waals surface area contributed by atoms with E-state index >= 15 is 0 Å². The summed E-state index contributed by atoms with van der Waals surface area (Å²) in [6.07, 6.45) is -0.852. The fourth-order valence-corrected chi connectivity index (χ4v) is 3.37. The van der Waals surface area contributed by atoms with Crippen molar-refractivity contribution in [1.29, 1.82) is 0 Å². The number of anilines is 1. The first-order valence-electron chi connectivity index (χ1n) is 10.0. The summed E-state index contributed by atoms with van der Waals surface area (Å²) in [6, 6.07) is 11.2. The number of hydrogen-bond donors (Lipinski definition) is 1. The van der Waals surface area contributed by atoms with Crippen LogP contribution in [0.25, 0.3) is 0 Å². The fourth-order valence-electron chi connectivity index (χ4n) is 3.37. The smallest absolute Gasteiger partial charge is 0.265 e. The number of amides is 3. The van der Waals surface area contributed by atoms with Crippen LogP contribution in [-0.4, -0.2) is 55.4 Å². The topological polar surface area (TPSA) is 79.0 Å². The van der Waals surface area contributed by atoms with Gasteiger partial charge in [0.1, 0.15) is 17.6 Å². The molecule has 0 spiro atoms. The van der Waals surface area contributed by atoms with Gasteiger partial charge in [-0.3, -0.25) is 14.4 Å². The van der Waals surface area contributed by atoms with Crippen LogP contribution in [0.3, 0.4) is 0 Å². The maximum atomic E-state index is 13.5. The minimum atomic E-state index is -0.852. The number of benzene rings is 2. The molecule has 3 amide bonds. The summed E-state index contributed by atoms with van der Waals surface area (Å²) in [7, 11) is 3.25. The minimum Gasteiger partial charge on any atom is -0.476 e. The molecule has 0 fully saturated rings. The Morgan fingerprint density at radius 2 is 1.74 bits per heavy atom. The Bertz CT molecular complexity index is 975. The molecule has 1 aliphatic heterocycles. The predicted molar refractivity (Wildman–Crippen MR) is 114 cm³/mol. The van der Waals surface area contributed by atoms with Gasteiger partial charge in [-0.15, -0.1) is 0 Å². The number of nitrogens with one attached hydrogen (secondary N) is 1. The van der Waals surface area contributed by atoms with Crippen LogP contribution in [0.15, 0.2) is 48.5 Å². The predicted octanol–water partition coefficient (Wildman–Crippen LogP) is 2.46. The van der Waals surface area contributed by atoms with E-state index in [9.17, 15) is 18.8 Å². The molecule has 1 N–H and O–H groups in total. The molecule has 0 saturated heterocycles. The third-order valence-corrected chi connectivity index (χ3v) is 5.08. The Balaban J connectivity index is 1.88. The van der Waals surface area contributed by atoms with Gasteiger partial charge in [-0.05, 0) is 42.3 Å². The number of ether oxygens (including phenoxy) is 1. The maximum absolute atomic E-state index is 13.5. The molecule has 1 heterocycles. The van der Waals surface area contributed by atoms with Gasteiger partial charge >= 0.3 is 0 Å². The van der Waals surface area contributed by atoms with Crippen LogP contribution in [-0.2, 0) is 9.59 Å². The van der Waals surface area contributed by atoms with Crippen molar-refractivity contribution in [2.24, 2.45) is 5.92 Å². The van der Waals surface area contributed by atoms with Crippen LogP contribution in [0.2, 0.25) is 0 Å². The summed E-state index contributed by atoms with van der Waals surface area (Å²) in [4.78, 5) is 41.6. The Morgan fingerprint density at radius 1 is 1.10 bits per heavy atom. The highest BCUT2D eigenvalue weighted by molar-refractivity contribution is 6.04. The molecule has 2 aromatic carbocycles. The lowest BCUT2D eigenvalue weighted by Crippen LogP contribution is -2.56. The molecule has 0 bridgehead atoms. The molecule has 1 aliphatic rings. The van der Waals surface area contributed by atoms with Gasteiger partial charge in [0, 0.05) is 19.7 Å². The van der Waals surface area contributed by atoms with Crippen LogP contribution in [0.5, 0.6) is 5.75 Å². The van der Waals surface area contributed by atoms with Crippen molar-refractivity contribution in [3.05, 3.63) is 59.9 Å². The molecule has 2 aromatic rings. The van der Waals surface area contributed by atoms with E-state index in [1.807, 2.05) is 13.8 Å². The Hall–Kier alpha value is -3.42. The summed E-state index contributed by atoms with van der Waals surface area (Å²) in [5.74, 6) is -1.34. The molecule has 2 atom stereocenters. The number of rotatable bonds is 5. The lowest BCUT2D eigenvalue weighted by Gasteiger charge is -2.37. The number of carbonyl (C=O) groups is 3. The molecular weight excluding hydrogens is 401 g/mol. The molecule has 0 saturated carbocycles. The summed E-state index contributed by atoms with van der Waals surface area (Å²) in [5.41, 5.74) is 0.792. The Kier molecular flexibility index (Phi) is 6.58. The number of nitrogens with zero attached hydrogens (tertiary/aromatic N) is 2. The second kappa shape index (κ2) is 9.16. The SMILES string of the molecule is CC(C)[C@@H](NC(=O)c1ccc(F)cc1)C(=O)N1C[C@H](C(=O)N(C)C)Oc2ccccc21. The number of halogens is 1. The lowest BCUT2D eigenvalue weighted by atomic mass is 10.0. The summed E-state index contributed by atoms with van der Waals surface area (Å²) in [5, 5.41) is 2.76. The Labute approximate surface area is 180 Å². The van der Waals surface area contributed by atoms with E-state index in [4.69, 9.17) is 4.74 Å². The number of hydrogen-bond acceptors (Lipinski definition) is 4. The molecule has 8 heteroatoms. The van der Waals surface area contributed by atoms with Crippen molar-refractivity contribution in [1.82, 2.24) is 10.2 Å². The van der Waals surface area contributed by atoms with Crippen LogP contribution in [0.4, 0.5) is 10.1 Å². The first-order valence-corrected chi connectivity index (χ1v) is 10.0. The lowest BCUT2D eigenvalue weighted by molar-refractivity contribution is -0.136. The normalized spacial score (nSPS) is 16.2. The van der Waals surface area contributed by atoms with Crippen LogP contribution in [0.1, 0.15) is 24.2 Å². The average Bonchev–Trinajstić information content (AvgIpc) is 2.75. The van der Waals surface area contributed by atoms with Gasteiger partial charge in [-0.25, -0.2) is 4.39 Å². The highest BCUT2D eigenvalue weighted by atomic mass is 19.1. The van der Waals surface area contributed by atoms with Gasteiger partial charge < -0.3 is 19.9 Å². The third-order valence-electron chi connectivity index (χ3n) is 5.08. The summed E-state index contributed by atoms with van der Waals surface area (Å²) >= 11 is 0. The van der Waals surface area contributed by atoms with E-state index in [0.717, 1.165) is 0 Å². The molecular formula is C23H26FN3O4. The second-order valence-electron chi connectivity index (χ2n) is 7.96. The van der Waals surface area contributed by atoms with Crippen molar-refractivity contribution in [2.75, 3.05) is 25.5 Å². The first kappa shape index (κ1) is 22.3. The number of likely N-dealkylation sites (N-methyl/N-ethyl adjacent to an activating group) is 1. The molecule has 0 aliphatic carbocycles. The van der Waals surface area contributed by atoms with Gasteiger partial charge in [-0.1, -0.05) is 26.0 Å². The van der Waals surface area contributed by atoms with Crippen LogP contribution >= 0.6 is 0 Å². The molecule has 7 nitrogen and oxygen atoms in total. The molecule has 0 radical (unpaired) electrons.